The van der Waals surface area contributed by atoms with Crippen molar-refractivity contribution in [3.8, 4) is 0 Å². The van der Waals surface area contributed by atoms with E-state index in [0.717, 1.165) is 25.1 Å². The van der Waals surface area contributed by atoms with Crippen molar-refractivity contribution in [2.24, 2.45) is 0 Å². The molecule has 0 spiro atoms. The molecule has 7 heteroatoms. The number of aromatic nitrogens is 4. The number of carbonyl (C=O) groups is 1. The van der Waals surface area contributed by atoms with E-state index in [1.807, 2.05) is 58.0 Å². The molecule has 0 bridgehead atoms. The normalized spacial score (nSPS) is 10.6. The summed E-state index contributed by atoms with van der Waals surface area (Å²) in [5.41, 5.74) is 1.09. The highest BCUT2D eigenvalue weighted by atomic mass is 16.2. The average Bonchev–Trinajstić information content (AvgIpc) is 3.28. The second kappa shape index (κ2) is 8.14. The Morgan fingerprint density at radius 1 is 1.16 bits per heavy atom. The first-order chi connectivity index (χ1) is 12.2. The van der Waals surface area contributed by atoms with Crippen LogP contribution in [0.2, 0.25) is 0 Å². The molecule has 0 atom stereocenters. The summed E-state index contributed by atoms with van der Waals surface area (Å²) >= 11 is 0. The van der Waals surface area contributed by atoms with Gasteiger partial charge < -0.3 is 9.47 Å². The van der Waals surface area contributed by atoms with Gasteiger partial charge in [-0.3, -0.25) is 10.00 Å². The summed E-state index contributed by atoms with van der Waals surface area (Å²) in [6.45, 7) is 2.23. The third-order valence-corrected chi connectivity index (χ3v) is 3.85. The predicted octanol–water partition coefficient (Wildman–Crippen LogP) is 2.83. The Labute approximate surface area is 146 Å². The van der Waals surface area contributed by atoms with Gasteiger partial charge in [-0.1, -0.05) is 30.3 Å². The fraction of sp³-hybridized carbons (Fsp3) is 0.278. The van der Waals surface area contributed by atoms with E-state index in [0.29, 0.717) is 12.4 Å². The van der Waals surface area contributed by atoms with Crippen molar-refractivity contribution in [3.05, 3.63) is 66.9 Å². The van der Waals surface area contributed by atoms with Gasteiger partial charge in [-0.15, -0.1) is 0 Å². The molecule has 0 aliphatic heterocycles. The van der Waals surface area contributed by atoms with Gasteiger partial charge in [0.1, 0.15) is 0 Å². The van der Waals surface area contributed by atoms with Crippen LogP contribution < -0.4 is 5.32 Å². The van der Waals surface area contributed by atoms with Gasteiger partial charge in [0, 0.05) is 51.3 Å². The van der Waals surface area contributed by atoms with Crippen molar-refractivity contribution in [2.75, 3.05) is 12.4 Å². The lowest BCUT2D eigenvalue weighted by Gasteiger charge is -2.17. The van der Waals surface area contributed by atoms with Crippen molar-refractivity contribution in [3.63, 3.8) is 0 Å². The summed E-state index contributed by atoms with van der Waals surface area (Å²) in [6.07, 6.45) is 8.34. The maximum absolute atomic E-state index is 12.3. The number of hydrogen-bond acceptors (Lipinski definition) is 3. The summed E-state index contributed by atoms with van der Waals surface area (Å²) in [7, 11) is 1.77. The highest BCUT2D eigenvalue weighted by Gasteiger charge is 2.10. The number of urea groups is 1. The maximum atomic E-state index is 12.3. The third-order valence-electron chi connectivity index (χ3n) is 3.85. The Balaban J connectivity index is 1.46. The second-order valence-corrected chi connectivity index (χ2v) is 5.89. The molecular weight excluding hydrogens is 316 g/mol. The molecule has 2 heterocycles. The Morgan fingerprint density at radius 3 is 2.76 bits per heavy atom. The highest BCUT2D eigenvalue weighted by Crippen LogP contribution is 2.07. The smallest absolute Gasteiger partial charge is 0.323 e. The van der Waals surface area contributed by atoms with E-state index in [-0.39, 0.29) is 6.03 Å². The Hall–Kier alpha value is -3.09. The minimum absolute atomic E-state index is 0.174. The van der Waals surface area contributed by atoms with Crippen molar-refractivity contribution < 1.29 is 4.79 Å². The van der Waals surface area contributed by atoms with Gasteiger partial charge in [0.25, 0.3) is 0 Å². The Bertz CT molecular complexity index is 781. The maximum Gasteiger partial charge on any atom is 0.323 e. The first kappa shape index (κ1) is 16.8. The fourth-order valence-corrected chi connectivity index (χ4v) is 2.52. The minimum Gasteiger partial charge on any atom is -0.337 e. The Kier molecular flexibility index (Phi) is 5.46. The molecule has 0 aliphatic carbocycles. The lowest BCUT2D eigenvalue weighted by atomic mass is 10.2. The minimum atomic E-state index is -0.174. The molecule has 7 nitrogen and oxygen atoms in total. The molecule has 1 aromatic carbocycles. The first-order valence-electron chi connectivity index (χ1n) is 8.26. The van der Waals surface area contributed by atoms with Crippen LogP contribution in [0.3, 0.4) is 0 Å². The molecule has 0 saturated heterocycles. The van der Waals surface area contributed by atoms with Crippen molar-refractivity contribution in [1.29, 1.82) is 0 Å². The second-order valence-electron chi connectivity index (χ2n) is 5.89. The van der Waals surface area contributed by atoms with E-state index in [4.69, 9.17) is 0 Å². The zero-order valence-corrected chi connectivity index (χ0v) is 14.2. The monoisotopic (exact) mass is 338 g/mol. The topological polar surface area (TPSA) is 68.0 Å². The third kappa shape index (κ3) is 4.94. The average molecular weight is 338 g/mol. The van der Waals surface area contributed by atoms with Crippen LogP contribution in [0.5, 0.6) is 0 Å². The van der Waals surface area contributed by atoms with Gasteiger partial charge >= 0.3 is 6.03 Å². The molecule has 0 fully saturated rings. The van der Waals surface area contributed by atoms with Crippen LogP contribution in [-0.2, 0) is 19.6 Å². The molecule has 2 aromatic heterocycles. The van der Waals surface area contributed by atoms with Crippen LogP contribution in [0.25, 0.3) is 0 Å². The Morgan fingerprint density at radius 2 is 2.00 bits per heavy atom. The number of imidazole rings is 1. The number of aryl methyl sites for hydroxylation is 2. The zero-order chi connectivity index (χ0) is 17.5. The van der Waals surface area contributed by atoms with Gasteiger partial charge in [0.15, 0.2) is 5.82 Å². The number of anilines is 1. The zero-order valence-electron chi connectivity index (χ0n) is 14.2. The summed E-state index contributed by atoms with van der Waals surface area (Å²) < 4.78 is 3.87. The SMILES string of the molecule is CN(Cc1ccccc1)C(=O)Nc1ccn(CCCn2ccnc2)n1. The van der Waals surface area contributed by atoms with Crippen molar-refractivity contribution in [1.82, 2.24) is 24.2 Å². The van der Waals surface area contributed by atoms with Crippen LogP contribution in [0, 0.1) is 0 Å². The molecule has 2 amide bonds. The molecule has 0 unspecified atom stereocenters. The molecule has 0 radical (unpaired) electrons. The highest BCUT2D eigenvalue weighted by molar-refractivity contribution is 5.87. The summed E-state index contributed by atoms with van der Waals surface area (Å²) in [5.74, 6) is 0.563. The number of rotatable bonds is 7. The van der Waals surface area contributed by atoms with E-state index in [1.54, 1.807) is 24.5 Å². The van der Waals surface area contributed by atoms with E-state index < -0.39 is 0 Å². The molecule has 3 rings (SSSR count). The van der Waals surface area contributed by atoms with E-state index in [9.17, 15) is 4.79 Å². The van der Waals surface area contributed by atoms with Crippen LogP contribution in [-0.4, -0.2) is 37.3 Å². The standard InChI is InChI=1S/C18H22N6O/c1-22(14-16-6-3-2-4-7-16)18(25)20-17-8-12-24(21-17)11-5-10-23-13-9-19-15-23/h2-4,6-9,12-13,15H,5,10-11,14H2,1H3,(H,20,21,25). The molecule has 130 valence electrons. The van der Waals surface area contributed by atoms with Crippen LogP contribution in [0.15, 0.2) is 61.3 Å². The van der Waals surface area contributed by atoms with Gasteiger partial charge in [-0.05, 0) is 12.0 Å². The number of amides is 2. The first-order valence-corrected chi connectivity index (χ1v) is 8.26. The number of nitrogens with zero attached hydrogens (tertiary/aromatic N) is 5. The fourth-order valence-electron chi connectivity index (χ4n) is 2.52. The van der Waals surface area contributed by atoms with Crippen molar-refractivity contribution in [2.45, 2.75) is 26.1 Å². The van der Waals surface area contributed by atoms with E-state index in [2.05, 4.69) is 15.4 Å². The molecule has 1 N–H and O–H groups in total. The van der Waals surface area contributed by atoms with Gasteiger partial charge in [-0.25, -0.2) is 9.78 Å². The summed E-state index contributed by atoms with van der Waals surface area (Å²) in [6, 6.07) is 11.5. The van der Waals surface area contributed by atoms with Crippen LogP contribution in [0.4, 0.5) is 10.6 Å². The molecular formula is C18H22N6O. The van der Waals surface area contributed by atoms with Gasteiger partial charge in [0.2, 0.25) is 0 Å². The number of hydrogen-bond donors (Lipinski definition) is 1. The number of benzene rings is 1. The van der Waals surface area contributed by atoms with E-state index >= 15 is 0 Å². The van der Waals surface area contributed by atoms with Crippen LogP contribution >= 0.6 is 0 Å². The van der Waals surface area contributed by atoms with Gasteiger partial charge in [-0.2, -0.15) is 5.10 Å². The summed E-state index contributed by atoms with van der Waals surface area (Å²) in [5, 5.41) is 7.22. The molecule has 3 aromatic rings. The largest absolute Gasteiger partial charge is 0.337 e. The number of nitrogens with one attached hydrogen (secondary N) is 1. The molecule has 0 aliphatic rings. The molecule has 25 heavy (non-hydrogen) atoms. The van der Waals surface area contributed by atoms with Crippen molar-refractivity contribution >= 4 is 11.8 Å². The lowest BCUT2D eigenvalue weighted by molar-refractivity contribution is 0.220. The summed E-state index contributed by atoms with van der Waals surface area (Å²) in [4.78, 5) is 17.9. The molecule has 0 saturated carbocycles. The number of carbonyl (C=O) groups excluding carboxylic acids is 1. The predicted molar refractivity (Wildman–Crippen MR) is 96.0 cm³/mol. The van der Waals surface area contributed by atoms with Crippen LogP contribution in [0.1, 0.15) is 12.0 Å². The lowest BCUT2D eigenvalue weighted by Crippen LogP contribution is -2.31. The quantitative estimate of drug-likeness (QED) is 0.720. The van der Waals surface area contributed by atoms with Gasteiger partial charge in [0.05, 0.1) is 6.33 Å². The van der Waals surface area contributed by atoms with E-state index in [1.165, 1.54) is 0 Å².